The summed E-state index contributed by atoms with van der Waals surface area (Å²) in [4.78, 5) is 2.23. The van der Waals surface area contributed by atoms with Crippen LogP contribution in [0, 0.1) is 11.3 Å². The van der Waals surface area contributed by atoms with Gasteiger partial charge in [-0.3, -0.25) is 0 Å². The smallest absolute Gasteiger partial charge is 0.101 e. The molecule has 1 rings (SSSR count). The summed E-state index contributed by atoms with van der Waals surface area (Å²) in [5.41, 5.74) is 3.77. The Labute approximate surface area is 80.0 Å². The van der Waals surface area contributed by atoms with Gasteiger partial charge in [0, 0.05) is 0 Å². The summed E-state index contributed by atoms with van der Waals surface area (Å²) in [5.74, 6) is 0. The zero-order valence-corrected chi connectivity index (χ0v) is 7.45. The molecule has 0 atom stereocenters. The Balaban J connectivity index is 2.96. The monoisotopic (exact) mass is 201 g/mol. The van der Waals surface area contributed by atoms with E-state index in [9.17, 15) is 0 Å². The Bertz CT molecular complexity index is 319. The molecule has 0 unspecified atom stereocenters. The largest absolute Gasteiger partial charge is 0.308 e. The first kappa shape index (κ1) is 9.14. The summed E-state index contributed by atoms with van der Waals surface area (Å²) in [6.07, 6.45) is 0. The van der Waals surface area contributed by atoms with Crippen molar-refractivity contribution in [1.82, 2.24) is 4.94 Å². The summed E-state index contributed by atoms with van der Waals surface area (Å²) in [7, 11) is 0. The molecule has 1 aromatic rings. The molecule has 3 nitrogen and oxygen atoms in total. The van der Waals surface area contributed by atoms with Gasteiger partial charge in [0.05, 0.1) is 16.3 Å². The number of rotatable bonds is 2. The Morgan fingerprint density at radius 2 is 2.17 bits per heavy atom. The number of anilines is 1. The Morgan fingerprint density at radius 3 is 2.67 bits per heavy atom. The van der Waals surface area contributed by atoms with Gasteiger partial charge in [-0.25, -0.2) is 0 Å². The highest BCUT2D eigenvalue weighted by Crippen LogP contribution is 2.19. The molecule has 1 aromatic carbocycles. The molecule has 12 heavy (non-hydrogen) atoms. The molecule has 0 aromatic heterocycles. The summed E-state index contributed by atoms with van der Waals surface area (Å²) in [6.45, 7) is 0. The lowest BCUT2D eigenvalue weighted by atomic mass is 10.2. The van der Waals surface area contributed by atoms with E-state index in [-0.39, 0.29) is 0 Å². The van der Waals surface area contributed by atoms with Crippen LogP contribution in [0.3, 0.4) is 0 Å². The molecule has 2 N–H and O–H groups in total. The van der Waals surface area contributed by atoms with E-state index in [0.29, 0.717) is 16.3 Å². The SMILES string of the molecule is N#Cc1ccc(NNCl)cc1Cl. The molecule has 62 valence electrons. The number of hydrogen-bond acceptors (Lipinski definition) is 3. The number of hydrazine groups is 1. The van der Waals surface area contributed by atoms with Crippen molar-refractivity contribution < 1.29 is 0 Å². The number of benzene rings is 1. The van der Waals surface area contributed by atoms with Gasteiger partial charge in [-0.05, 0) is 30.0 Å². The molecule has 0 aliphatic carbocycles. The van der Waals surface area contributed by atoms with E-state index in [1.54, 1.807) is 18.2 Å². The maximum Gasteiger partial charge on any atom is 0.101 e. The quantitative estimate of drug-likeness (QED) is 0.571. The van der Waals surface area contributed by atoms with Crippen LogP contribution in [0.5, 0.6) is 0 Å². The lowest BCUT2D eigenvalue weighted by molar-refractivity contribution is 1.20. The average molecular weight is 202 g/mol. The van der Waals surface area contributed by atoms with Crippen LogP contribution in [0.1, 0.15) is 5.56 Å². The maximum atomic E-state index is 8.54. The van der Waals surface area contributed by atoms with Gasteiger partial charge in [-0.2, -0.15) is 5.26 Å². The van der Waals surface area contributed by atoms with Crippen LogP contribution in [0.15, 0.2) is 18.2 Å². The Kier molecular flexibility index (Phi) is 3.18. The molecule has 0 bridgehead atoms. The first-order chi connectivity index (χ1) is 5.77. The second-order valence-corrected chi connectivity index (χ2v) is 2.62. The van der Waals surface area contributed by atoms with Gasteiger partial charge < -0.3 is 5.43 Å². The molecular weight excluding hydrogens is 197 g/mol. The van der Waals surface area contributed by atoms with Crippen LogP contribution in [-0.4, -0.2) is 0 Å². The van der Waals surface area contributed by atoms with Crippen LogP contribution in [-0.2, 0) is 0 Å². The molecule has 0 aliphatic heterocycles. The summed E-state index contributed by atoms with van der Waals surface area (Å²) in [6, 6.07) is 6.86. The number of nitriles is 1. The van der Waals surface area contributed by atoms with Gasteiger partial charge >= 0.3 is 0 Å². The predicted octanol–water partition coefficient (Wildman–Crippen LogP) is 2.28. The standard InChI is InChI=1S/C7H5Cl2N3/c8-7-3-6(11-12-9)2-1-5(7)4-10/h1-3,11-12H. The van der Waals surface area contributed by atoms with Crippen molar-refractivity contribution in [2.75, 3.05) is 5.43 Å². The van der Waals surface area contributed by atoms with E-state index in [4.69, 9.17) is 28.6 Å². The minimum atomic E-state index is 0.398. The fraction of sp³-hybridized carbons (Fsp3) is 0. The fourth-order valence-corrected chi connectivity index (χ4v) is 1.07. The van der Waals surface area contributed by atoms with Crippen molar-refractivity contribution in [3.8, 4) is 6.07 Å². The van der Waals surface area contributed by atoms with Gasteiger partial charge in [-0.1, -0.05) is 11.6 Å². The van der Waals surface area contributed by atoms with Gasteiger partial charge in [-0.15, -0.1) is 4.94 Å². The predicted molar refractivity (Wildman–Crippen MR) is 48.8 cm³/mol. The van der Waals surface area contributed by atoms with E-state index in [0.717, 1.165) is 0 Å². The second-order valence-electron chi connectivity index (χ2n) is 2.03. The molecule has 0 aliphatic rings. The summed E-state index contributed by atoms with van der Waals surface area (Å²) < 4.78 is 0. The first-order valence-electron chi connectivity index (χ1n) is 3.09. The van der Waals surface area contributed by atoms with Crippen molar-refractivity contribution in [2.24, 2.45) is 0 Å². The fourth-order valence-electron chi connectivity index (χ4n) is 0.738. The lowest BCUT2D eigenvalue weighted by Crippen LogP contribution is -2.08. The maximum absolute atomic E-state index is 8.54. The molecule has 0 saturated carbocycles. The van der Waals surface area contributed by atoms with Crippen molar-refractivity contribution in [3.05, 3.63) is 28.8 Å². The Hall–Kier alpha value is -0.950. The molecule has 0 spiro atoms. The molecule has 0 fully saturated rings. The first-order valence-corrected chi connectivity index (χ1v) is 3.85. The van der Waals surface area contributed by atoms with Crippen molar-refractivity contribution in [3.63, 3.8) is 0 Å². The van der Waals surface area contributed by atoms with Gasteiger partial charge in [0.25, 0.3) is 0 Å². The average Bonchev–Trinajstić information content (AvgIpc) is 2.05. The molecule has 0 saturated heterocycles. The van der Waals surface area contributed by atoms with Gasteiger partial charge in [0.1, 0.15) is 6.07 Å². The van der Waals surface area contributed by atoms with Crippen LogP contribution in [0.25, 0.3) is 0 Å². The number of hydrogen-bond donors (Lipinski definition) is 2. The third kappa shape index (κ3) is 2.02. The highest BCUT2D eigenvalue weighted by atomic mass is 35.5. The normalized spacial score (nSPS) is 9.08. The van der Waals surface area contributed by atoms with Crippen molar-refractivity contribution in [2.45, 2.75) is 0 Å². The molecule has 0 radical (unpaired) electrons. The van der Waals surface area contributed by atoms with E-state index in [1.165, 1.54) is 0 Å². The lowest BCUT2D eigenvalue weighted by Gasteiger charge is -2.02. The van der Waals surface area contributed by atoms with E-state index in [2.05, 4.69) is 10.4 Å². The highest BCUT2D eigenvalue weighted by Gasteiger charge is 1.99. The number of nitrogens with zero attached hydrogens (tertiary/aromatic N) is 1. The third-order valence-corrected chi connectivity index (χ3v) is 1.69. The summed E-state index contributed by atoms with van der Waals surface area (Å²) in [5, 5.41) is 8.94. The highest BCUT2D eigenvalue weighted by molar-refractivity contribution is 6.32. The second kappa shape index (κ2) is 4.17. The third-order valence-electron chi connectivity index (χ3n) is 1.28. The van der Waals surface area contributed by atoms with E-state index < -0.39 is 0 Å². The molecule has 0 heterocycles. The van der Waals surface area contributed by atoms with Crippen LogP contribution >= 0.6 is 23.4 Å². The van der Waals surface area contributed by atoms with E-state index in [1.807, 2.05) is 6.07 Å². The topological polar surface area (TPSA) is 47.9 Å². The molecule has 5 heteroatoms. The van der Waals surface area contributed by atoms with E-state index >= 15 is 0 Å². The minimum Gasteiger partial charge on any atom is -0.308 e. The minimum absolute atomic E-state index is 0.398. The van der Waals surface area contributed by atoms with Crippen LogP contribution in [0.4, 0.5) is 5.69 Å². The number of halogens is 2. The van der Waals surface area contributed by atoms with Crippen molar-refractivity contribution >= 4 is 29.1 Å². The molecular formula is C7H5Cl2N3. The van der Waals surface area contributed by atoms with Crippen molar-refractivity contribution in [1.29, 1.82) is 5.26 Å². The van der Waals surface area contributed by atoms with Gasteiger partial charge in [0.15, 0.2) is 0 Å². The zero-order valence-electron chi connectivity index (χ0n) is 5.94. The number of nitrogens with one attached hydrogen (secondary N) is 2. The van der Waals surface area contributed by atoms with Gasteiger partial charge in [0.2, 0.25) is 0 Å². The molecule has 0 amide bonds. The summed E-state index contributed by atoms with van der Waals surface area (Å²) >= 11 is 10.9. The van der Waals surface area contributed by atoms with Crippen LogP contribution in [0.2, 0.25) is 5.02 Å². The zero-order chi connectivity index (χ0) is 8.97. The van der Waals surface area contributed by atoms with Crippen LogP contribution < -0.4 is 10.4 Å². The Morgan fingerprint density at radius 1 is 1.42 bits per heavy atom.